The molecule has 0 radical (unpaired) electrons. The van der Waals surface area contributed by atoms with Crippen molar-refractivity contribution in [1.82, 2.24) is 4.90 Å². The van der Waals surface area contributed by atoms with Gasteiger partial charge < -0.3 is 9.84 Å². The van der Waals surface area contributed by atoms with E-state index >= 15 is 0 Å². The molecule has 1 unspecified atom stereocenters. The summed E-state index contributed by atoms with van der Waals surface area (Å²) in [6.45, 7) is 1.96. The first-order valence-corrected chi connectivity index (χ1v) is 5.33. The molecule has 0 saturated heterocycles. The number of nitrogens with zero attached hydrogens (tertiary/aromatic N) is 1. The molecule has 0 heterocycles. The molecule has 0 fully saturated rings. The predicted molar refractivity (Wildman–Crippen MR) is 66.9 cm³/mol. The summed E-state index contributed by atoms with van der Waals surface area (Å²) in [5, 5.41) is 8.49. The maximum Gasteiger partial charge on any atom is 0.328 e. The zero-order chi connectivity index (χ0) is 12.8. The molecule has 17 heavy (non-hydrogen) atoms. The average molecular weight is 235 g/mol. The van der Waals surface area contributed by atoms with Crippen molar-refractivity contribution in [2.24, 2.45) is 0 Å². The normalized spacial score (nSPS) is 12.9. The molecule has 1 atom stereocenters. The van der Waals surface area contributed by atoms with Gasteiger partial charge in [-0.1, -0.05) is 12.1 Å². The summed E-state index contributed by atoms with van der Waals surface area (Å²) in [4.78, 5) is 12.3. The van der Waals surface area contributed by atoms with E-state index in [0.29, 0.717) is 0 Å². The lowest BCUT2D eigenvalue weighted by Crippen LogP contribution is -2.30. The molecule has 0 bridgehead atoms. The Bertz CT molecular complexity index is 396. The van der Waals surface area contributed by atoms with Gasteiger partial charge in [-0.25, -0.2) is 4.79 Å². The van der Waals surface area contributed by atoms with Gasteiger partial charge in [0.05, 0.1) is 0 Å². The van der Waals surface area contributed by atoms with Gasteiger partial charge in [0.25, 0.3) is 0 Å². The number of hydrogen-bond acceptors (Lipinski definition) is 3. The second-order valence-corrected chi connectivity index (χ2v) is 3.92. The van der Waals surface area contributed by atoms with Crippen LogP contribution in [0.15, 0.2) is 30.3 Å². The molecule has 1 aromatic carbocycles. The molecule has 92 valence electrons. The Morgan fingerprint density at radius 2 is 1.94 bits per heavy atom. The Labute approximate surface area is 101 Å². The summed E-state index contributed by atoms with van der Waals surface area (Å²) in [5.41, 5.74) is 0.831. The minimum Gasteiger partial charge on any atom is -0.478 e. The van der Waals surface area contributed by atoms with Crippen LogP contribution >= 0.6 is 0 Å². The minimum absolute atomic E-state index is 0.00425. The van der Waals surface area contributed by atoms with Crippen LogP contribution in [-0.4, -0.2) is 36.3 Å². The first-order chi connectivity index (χ1) is 7.99. The lowest BCUT2D eigenvalue weighted by atomic mass is 10.2. The second-order valence-electron chi connectivity index (χ2n) is 3.92. The molecule has 0 amide bonds. The molecule has 0 aliphatic heterocycles. The van der Waals surface area contributed by atoms with Gasteiger partial charge in [-0.2, -0.15) is 0 Å². The number of benzene rings is 1. The number of ether oxygens (including phenoxy) is 1. The summed E-state index contributed by atoms with van der Waals surface area (Å²) in [7, 11) is 3.88. The summed E-state index contributed by atoms with van der Waals surface area (Å²) < 4.78 is 5.64. The van der Waals surface area contributed by atoms with Gasteiger partial charge in [0.1, 0.15) is 12.0 Å². The number of carboxylic acids is 1. The van der Waals surface area contributed by atoms with E-state index in [1.807, 2.05) is 50.2 Å². The fraction of sp³-hybridized carbons (Fsp3) is 0.308. The molecule has 4 nitrogen and oxygen atoms in total. The van der Waals surface area contributed by atoms with Crippen LogP contribution in [0, 0.1) is 0 Å². The molecule has 4 heteroatoms. The molecule has 1 aromatic rings. The van der Waals surface area contributed by atoms with Gasteiger partial charge in [-0.15, -0.1) is 0 Å². The summed E-state index contributed by atoms with van der Waals surface area (Å²) >= 11 is 0. The Kier molecular flexibility index (Phi) is 4.72. The Balaban J connectivity index is 2.65. The topological polar surface area (TPSA) is 49.8 Å². The molecule has 1 rings (SSSR count). The van der Waals surface area contributed by atoms with Crippen molar-refractivity contribution in [1.29, 1.82) is 0 Å². The van der Waals surface area contributed by atoms with Gasteiger partial charge in [-0.05, 0) is 44.8 Å². The van der Waals surface area contributed by atoms with E-state index in [4.69, 9.17) is 9.84 Å². The van der Waals surface area contributed by atoms with E-state index in [2.05, 4.69) is 0 Å². The third-order valence-corrected chi connectivity index (χ3v) is 2.33. The third kappa shape index (κ3) is 4.70. The Hall–Kier alpha value is -1.81. The average Bonchev–Trinajstić information content (AvgIpc) is 2.28. The minimum atomic E-state index is -0.952. The second kappa shape index (κ2) is 6.06. The van der Waals surface area contributed by atoms with E-state index in [1.165, 1.54) is 0 Å². The standard InChI is InChI=1S/C13H17NO3/c1-10(14(2)3)17-12-7-4-11(5-8-12)6-9-13(15)16/h4-10H,1-3H3,(H,15,16)/b9-6+. The van der Waals surface area contributed by atoms with Crippen molar-refractivity contribution >= 4 is 12.0 Å². The highest BCUT2D eigenvalue weighted by atomic mass is 16.5. The van der Waals surface area contributed by atoms with Crippen molar-refractivity contribution in [3.8, 4) is 5.75 Å². The number of hydrogen-bond donors (Lipinski definition) is 1. The van der Waals surface area contributed by atoms with Crippen molar-refractivity contribution in [3.63, 3.8) is 0 Å². The first-order valence-electron chi connectivity index (χ1n) is 5.33. The molecule has 0 aliphatic rings. The maximum absolute atomic E-state index is 10.3. The van der Waals surface area contributed by atoms with Crippen LogP contribution in [0.1, 0.15) is 12.5 Å². The first kappa shape index (κ1) is 13.3. The van der Waals surface area contributed by atoms with E-state index < -0.39 is 5.97 Å². The molecule has 0 spiro atoms. The highest BCUT2D eigenvalue weighted by molar-refractivity contribution is 5.85. The zero-order valence-corrected chi connectivity index (χ0v) is 10.3. The number of carbonyl (C=O) groups is 1. The van der Waals surface area contributed by atoms with Crippen molar-refractivity contribution in [2.75, 3.05) is 14.1 Å². The third-order valence-electron chi connectivity index (χ3n) is 2.33. The van der Waals surface area contributed by atoms with E-state index in [1.54, 1.807) is 6.08 Å². The summed E-state index contributed by atoms with van der Waals surface area (Å²) in [6.07, 6.45) is 2.65. The van der Waals surface area contributed by atoms with Gasteiger partial charge in [-0.3, -0.25) is 4.90 Å². The van der Waals surface area contributed by atoms with E-state index in [0.717, 1.165) is 17.4 Å². The fourth-order valence-corrected chi connectivity index (χ4v) is 1.13. The lowest BCUT2D eigenvalue weighted by Gasteiger charge is -2.21. The molecule has 0 aliphatic carbocycles. The van der Waals surface area contributed by atoms with Gasteiger partial charge >= 0.3 is 5.97 Å². The van der Waals surface area contributed by atoms with Crippen molar-refractivity contribution in [3.05, 3.63) is 35.9 Å². The molecule has 0 saturated carbocycles. The molecule has 0 aromatic heterocycles. The SMILES string of the molecule is CC(Oc1ccc(/C=C/C(=O)O)cc1)N(C)C. The molecular weight excluding hydrogens is 218 g/mol. The van der Waals surface area contributed by atoms with Crippen molar-refractivity contribution in [2.45, 2.75) is 13.2 Å². The molecule has 1 N–H and O–H groups in total. The zero-order valence-electron chi connectivity index (χ0n) is 10.3. The highest BCUT2D eigenvalue weighted by Crippen LogP contribution is 2.15. The number of carboxylic acid groups (broad SMARTS) is 1. The van der Waals surface area contributed by atoms with Gasteiger partial charge in [0, 0.05) is 6.08 Å². The largest absolute Gasteiger partial charge is 0.478 e. The van der Waals surface area contributed by atoms with Crippen LogP contribution in [0.4, 0.5) is 0 Å². The Morgan fingerprint density at radius 3 is 2.41 bits per heavy atom. The summed E-state index contributed by atoms with van der Waals surface area (Å²) in [5.74, 6) is -0.190. The number of rotatable bonds is 5. The maximum atomic E-state index is 10.3. The van der Waals surface area contributed by atoms with Crippen LogP contribution in [0.5, 0.6) is 5.75 Å². The quantitative estimate of drug-likeness (QED) is 0.627. The van der Waals surface area contributed by atoms with Crippen LogP contribution in [-0.2, 0) is 4.79 Å². The predicted octanol–water partition coefficient (Wildman–Crippen LogP) is 2.07. The fourth-order valence-electron chi connectivity index (χ4n) is 1.13. The van der Waals surface area contributed by atoms with Crippen LogP contribution in [0.2, 0.25) is 0 Å². The van der Waals surface area contributed by atoms with Crippen LogP contribution in [0.3, 0.4) is 0 Å². The smallest absolute Gasteiger partial charge is 0.328 e. The molecular formula is C13H17NO3. The monoisotopic (exact) mass is 235 g/mol. The lowest BCUT2D eigenvalue weighted by molar-refractivity contribution is -0.131. The van der Waals surface area contributed by atoms with E-state index in [-0.39, 0.29) is 6.23 Å². The van der Waals surface area contributed by atoms with Gasteiger partial charge in [0.2, 0.25) is 0 Å². The van der Waals surface area contributed by atoms with E-state index in [9.17, 15) is 4.79 Å². The number of aliphatic carboxylic acids is 1. The van der Waals surface area contributed by atoms with Gasteiger partial charge in [0.15, 0.2) is 0 Å². The highest BCUT2D eigenvalue weighted by Gasteiger charge is 2.05. The van der Waals surface area contributed by atoms with Crippen LogP contribution < -0.4 is 4.74 Å². The Morgan fingerprint density at radius 1 is 1.35 bits per heavy atom. The van der Waals surface area contributed by atoms with Crippen LogP contribution in [0.25, 0.3) is 6.08 Å². The van der Waals surface area contributed by atoms with Crippen molar-refractivity contribution < 1.29 is 14.6 Å². The summed E-state index contributed by atoms with van der Waals surface area (Å²) in [6, 6.07) is 7.28.